The zero-order valence-electron chi connectivity index (χ0n) is 10.3. The molecule has 8 heteroatoms. The van der Waals surface area contributed by atoms with Crippen molar-refractivity contribution in [2.75, 3.05) is 18.1 Å². The van der Waals surface area contributed by atoms with Crippen molar-refractivity contribution in [3.63, 3.8) is 0 Å². The molecule has 7 nitrogen and oxygen atoms in total. The first kappa shape index (κ1) is 13.4. The molecule has 1 aromatic carbocycles. The molecule has 5 N–H and O–H groups in total. The van der Waals surface area contributed by atoms with Crippen molar-refractivity contribution in [1.29, 1.82) is 0 Å². The lowest BCUT2D eigenvalue weighted by Gasteiger charge is -2.10. The Morgan fingerprint density at radius 1 is 1.42 bits per heavy atom. The lowest BCUT2D eigenvalue weighted by molar-refractivity contribution is 0.588. The number of nitrogen functional groups attached to an aromatic ring is 1. The molecule has 19 heavy (non-hydrogen) atoms. The van der Waals surface area contributed by atoms with E-state index < -0.39 is 10.0 Å². The van der Waals surface area contributed by atoms with E-state index >= 15 is 0 Å². The average Bonchev–Trinajstić information content (AvgIpc) is 2.90. The smallest absolute Gasteiger partial charge is 0.240 e. The molecule has 0 saturated carbocycles. The van der Waals surface area contributed by atoms with E-state index in [0.717, 1.165) is 5.56 Å². The van der Waals surface area contributed by atoms with Gasteiger partial charge in [-0.3, -0.25) is 5.10 Å². The Labute approximate surface area is 111 Å². The van der Waals surface area contributed by atoms with Gasteiger partial charge in [-0.1, -0.05) is 0 Å². The minimum absolute atomic E-state index is 0.166. The summed E-state index contributed by atoms with van der Waals surface area (Å²) < 4.78 is 25.7. The molecule has 0 bridgehead atoms. The fraction of sp³-hybridized carbons (Fsp3) is 0.182. The third kappa shape index (κ3) is 3.04. The average molecular weight is 281 g/mol. The molecule has 0 radical (unpaired) electrons. The Morgan fingerprint density at radius 3 is 2.84 bits per heavy atom. The van der Waals surface area contributed by atoms with Gasteiger partial charge >= 0.3 is 0 Å². The highest BCUT2D eigenvalue weighted by Gasteiger charge is 2.13. The van der Waals surface area contributed by atoms with Crippen LogP contribution in [0.25, 0.3) is 0 Å². The van der Waals surface area contributed by atoms with Gasteiger partial charge in [-0.2, -0.15) is 5.10 Å². The predicted molar refractivity (Wildman–Crippen MR) is 73.0 cm³/mol. The van der Waals surface area contributed by atoms with Crippen LogP contribution in [-0.4, -0.2) is 25.7 Å². The monoisotopic (exact) mass is 281 g/mol. The molecule has 0 aliphatic rings. The van der Waals surface area contributed by atoms with Crippen LogP contribution in [0.1, 0.15) is 5.56 Å². The van der Waals surface area contributed by atoms with Crippen LogP contribution in [0.15, 0.2) is 35.5 Å². The van der Waals surface area contributed by atoms with Gasteiger partial charge in [0.1, 0.15) is 0 Å². The Bertz CT molecular complexity index is 652. The summed E-state index contributed by atoms with van der Waals surface area (Å²) in [6.45, 7) is 0.504. The van der Waals surface area contributed by atoms with Crippen molar-refractivity contribution in [2.24, 2.45) is 0 Å². The van der Waals surface area contributed by atoms with Gasteiger partial charge in [0.2, 0.25) is 10.0 Å². The zero-order valence-corrected chi connectivity index (χ0v) is 11.2. The van der Waals surface area contributed by atoms with E-state index in [1.54, 1.807) is 18.5 Å². The maximum atomic E-state index is 11.7. The maximum absolute atomic E-state index is 11.7. The van der Waals surface area contributed by atoms with E-state index in [1.807, 2.05) is 0 Å². The number of aromatic amines is 1. The van der Waals surface area contributed by atoms with Gasteiger partial charge in [0.05, 0.1) is 22.5 Å². The SMILES string of the molecule is CNS(=O)(=O)c1ccc(N)c(NCc2cn[nH]c2)c1. The molecule has 0 unspecified atom stereocenters. The molecule has 0 aliphatic carbocycles. The summed E-state index contributed by atoms with van der Waals surface area (Å²) in [6, 6.07) is 4.52. The highest BCUT2D eigenvalue weighted by atomic mass is 32.2. The van der Waals surface area contributed by atoms with Gasteiger partial charge in [0.15, 0.2) is 0 Å². The maximum Gasteiger partial charge on any atom is 0.240 e. The number of nitrogens with zero attached hydrogens (tertiary/aromatic N) is 1. The quantitative estimate of drug-likeness (QED) is 0.596. The highest BCUT2D eigenvalue weighted by molar-refractivity contribution is 7.89. The number of H-pyrrole nitrogens is 1. The number of aromatic nitrogens is 2. The summed E-state index contributed by atoms with van der Waals surface area (Å²) in [5.74, 6) is 0. The van der Waals surface area contributed by atoms with E-state index in [0.29, 0.717) is 17.9 Å². The van der Waals surface area contributed by atoms with Crippen molar-refractivity contribution in [3.8, 4) is 0 Å². The molecule has 1 aromatic heterocycles. The molecule has 0 amide bonds. The van der Waals surface area contributed by atoms with Crippen LogP contribution in [-0.2, 0) is 16.6 Å². The number of sulfonamides is 1. The molecular weight excluding hydrogens is 266 g/mol. The fourth-order valence-corrected chi connectivity index (χ4v) is 2.30. The summed E-state index contributed by atoms with van der Waals surface area (Å²) in [5.41, 5.74) is 7.81. The molecule has 0 spiro atoms. The van der Waals surface area contributed by atoms with Crippen LogP contribution in [0.3, 0.4) is 0 Å². The Kier molecular flexibility index (Phi) is 3.72. The minimum atomic E-state index is -3.47. The number of hydrogen-bond donors (Lipinski definition) is 4. The van der Waals surface area contributed by atoms with Crippen LogP contribution in [0.2, 0.25) is 0 Å². The predicted octanol–water partition coefficient (Wildman–Crippen LogP) is 0.512. The Hall–Kier alpha value is -2.06. The van der Waals surface area contributed by atoms with Crippen LogP contribution >= 0.6 is 0 Å². The van der Waals surface area contributed by atoms with E-state index in [4.69, 9.17) is 5.73 Å². The van der Waals surface area contributed by atoms with Crippen molar-refractivity contribution in [2.45, 2.75) is 11.4 Å². The lowest BCUT2D eigenvalue weighted by atomic mass is 10.2. The normalized spacial score (nSPS) is 11.4. The second-order valence-electron chi connectivity index (χ2n) is 3.92. The van der Waals surface area contributed by atoms with Crippen molar-refractivity contribution >= 4 is 21.4 Å². The van der Waals surface area contributed by atoms with Gasteiger partial charge in [-0.05, 0) is 25.2 Å². The summed E-state index contributed by atoms with van der Waals surface area (Å²) in [7, 11) is -2.11. The van der Waals surface area contributed by atoms with E-state index in [1.165, 1.54) is 19.2 Å². The van der Waals surface area contributed by atoms with Gasteiger partial charge < -0.3 is 11.1 Å². The zero-order chi connectivity index (χ0) is 13.9. The molecule has 1 heterocycles. The fourth-order valence-electron chi connectivity index (χ4n) is 1.55. The topological polar surface area (TPSA) is 113 Å². The van der Waals surface area contributed by atoms with Gasteiger partial charge in [-0.25, -0.2) is 13.1 Å². The number of benzene rings is 1. The third-order valence-electron chi connectivity index (χ3n) is 2.64. The van der Waals surface area contributed by atoms with E-state index in [2.05, 4.69) is 20.2 Å². The summed E-state index contributed by atoms with van der Waals surface area (Å²) in [5, 5.41) is 9.60. The molecule has 0 aliphatic heterocycles. The standard InChI is InChI=1S/C11H15N5O2S/c1-13-19(17,18)9-2-3-10(12)11(4-9)14-5-8-6-15-16-7-8/h2-4,6-7,13-14H,5,12H2,1H3,(H,15,16). The third-order valence-corrected chi connectivity index (χ3v) is 4.05. The van der Waals surface area contributed by atoms with Crippen molar-refractivity contribution in [3.05, 3.63) is 36.2 Å². The summed E-state index contributed by atoms with van der Waals surface area (Å²) >= 11 is 0. The second-order valence-corrected chi connectivity index (χ2v) is 5.80. The van der Waals surface area contributed by atoms with Crippen molar-refractivity contribution in [1.82, 2.24) is 14.9 Å². The molecule has 102 valence electrons. The molecule has 0 saturated heterocycles. The summed E-state index contributed by atoms with van der Waals surface area (Å²) in [4.78, 5) is 0.166. The number of rotatable bonds is 5. The van der Waals surface area contributed by atoms with Gasteiger partial charge in [0.25, 0.3) is 0 Å². The van der Waals surface area contributed by atoms with Crippen LogP contribution < -0.4 is 15.8 Å². The highest BCUT2D eigenvalue weighted by Crippen LogP contribution is 2.23. The second kappa shape index (κ2) is 5.29. The van der Waals surface area contributed by atoms with Crippen LogP contribution in [0, 0.1) is 0 Å². The first-order valence-corrected chi connectivity index (χ1v) is 7.06. The summed E-state index contributed by atoms with van der Waals surface area (Å²) in [6.07, 6.45) is 3.43. The molecule has 2 rings (SSSR count). The largest absolute Gasteiger partial charge is 0.397 e. The number of anilines is 2. The lowest BCUT2D eigenvalue weighted by Crippen LogP contribution is -2.18. The molecule has 0 atom stereocenters. The number of hydrogen-bond acceptors (Lipinski definition) is 5. The van der Waals surface area contributed by atoms with Gasteiger partial charge in [-0.15, -0.1) is 0 Å². The van der Waals surface area contributed by atoms with E-state index in [-0.39, 0.29) is 4.90 Å². The Balaban J connectivity index is 2.22. The molecular formula is C11H15N5O2S. The number of nitrogens with two attached hydrogens (primary N) is 1. The first-order chi connectivity index (χ1) is 9.03. The molecule has 0 fully saturated rings. The van der Waals surface area contributed by atoms with Gasteiger partial charge in [0, 0.05) is 18.3 Å². The molecule has 2 aromatic rings. The van der Waals surface area contributed by atoms with Crippen molar-refractivity contribution < 1.29 is 8.42 Å². The number of nitrogens with one attached hydrogen (secondary N) is 3. The first-order valence-electron chi connectivity index (χ1n) is 5.57. The van der Waals surface area contributed by atoms with Crippen LogP contribution in [0.5, 0.6) is 0 Å². The van der Waals surface area contributed by atoms with Crippen LogP contribution in [0.4, 0.5) is 11.4 Å². The van der Waals surface area contributed by atoms with E-state index in [9.17, 15) is 8.42 Å². The Morgan fingerprint density at radius 2 is 2.21 bits per heavy atom. The minimum Gasteiger partial charge on any atom is -0.397 e.